The molecule has 0 N–H and O–H groups in total. The minimum Gasteiger partial charge on any atom is -0.442 e. The fourth-order valence-electron chi connectivity index (χ4n) is 1.04. The van der Waals surface area contributed by atoms with Gasteiger partial charge < -0.3 is 9.05 Å². The lowest BCUT2D eigenvalue weighted by Crippen LogP contribution is -1.98. The minimum absolute atomic E-state index is 0.456. The van der Waals surface area contributed by atoms with Crippen LogP contribution in [0.3, 0.4) is 0 Å². The SMILES string of the molecule is CCCOP(C)(=S)Oc1cc(Cl)c(Br)cc1Cl. The van der Waals surface area contributed by atoms with Gasteiger partial charge in [-0.2, -0.15) is 0 Å². The van der Waals surface area contributed by atoms with Gasteiger partial charge >= 0.3 is 0 Å². The lowest BCUT2D eigenvalue weighted by molar-refractivity contribution is 0.315. The molecule has 0 bridgehead atoms. The van der Waals surface area contributed by atoms with Crippen molar-refractivity contribution in [3.63, 3.8) is 0 Å². The number of rotatable bonds is 5. The van der Waals surface area contributed by atoms with Crippen molar-refractivity contribution in [2.45, 2.75) is 13.3 Å². The van der Waals surface area contributed by atoms with Crippen molar-refractivity contribution in [1.29, 1.82) is 0 Å². The molecule has 0 radical (unpaired) electrons. The standard InChI is InChI=1S/C10H12BrCl2O2PS/c1-3-4-14-16(2,17)15-10-6-8(12)7(11)5-9(10)13/h5-6H,3-4H2,1-2H3. The zero-order valence-electron chi connectivity index (χ0n) is 9.37. The fraction of sp³-hybridized carbons (Fsp3) is 0.400. The zero-order valence-corrected chi connectivity index (χ0v) is 14.2. The van der Waals surface area contributed by atoms with Crippen molar-refractivity contribution in [3.05, 3.63) is 26.7 Å². The second kappa shape index (κ2) is 6.74. The van der Waals surface area contributed by atoms with Crippen molar-refractivity contribution in [2.24, 2.45) is 0 Å². The van der Waals surface area contributed by atoms with E-state index < -0.39 is 6.49 Å². The van der Waals surface area contributed by atoms with E-state index in [2.05, 4.69) is 15.9 Å². The molecule has 0 saturated carbocycles. The molecule has 0 fully saturated rings. The first-order valence-corrected chi connectivity index (χ1v) is 9.55. The average molecular weight is 378 g/mol. The van der Waals surface area contributed by atoms with Gasteiger partial charge in [0.25, 0.3) is 0 Å². The number of hydrogen-bond acceptors (Lipinski definition) is 3. The summed E-state index contributed by atoms with van der Waals surface area (Å²) >= 11 is 20.6. The van der Waals surface area contributed by atoms with Crippen LogP contribution in [0.1, 0.15) is 13.3 Å². The second-order valence-electron chi connectivity index (χ2n) is 3.39. The molecule has 0 heterocycles. The van der Waals surface area contributed by atoms with E-state index in [4.69, 9.17) is 44.1 Å². The van der Waals surface area contributed by atoms with Crippen LogP contribution in [0.25, 0.3) is 0 Å². The van der Waals surface area contributed by atoms with Crippen LogP contribution in [0.15, 0.2) is 16.6 Å². The van der Waals surface area contributed by atoms with Gasteiger partial charge in [0, 0.05) is 17.2 Å². The first kappa shape index (κ1) is 15.7. The van der Waals surface area contributed by atoms with Crippen molar-refractivity contribution in [2.75, 3.05) is 13.3 Å². The molecule has 0 aliphatic rings. The van der Waals surface area contributed by atoms with Crippen molar-refractivity contribution in [3.8, 4) is 5.75 Å². The molecule has 1 aromatic carbocycles. The first-order valence-electron chi connectivity index (χ1n) is 4.92. The third kappa shape index (κ3) is 5.06. The number of benzene rings is 1. The van der Waals surface area contributed by atoms with E-state index in [1.165, 1.54) is 0 Å². The van der Waals surface area contributed by atoms with Gasteiger partial charge in [0.05, 0.1) is 16.7 Å². The lowest BCUT2D eigenvalue weighted by Gasteiger charge is -2.19. The highest BCUT2D eigenvalue weighted by molar-refractivity contribution is 9.10. The Bertz CT molecular complexity index is 456. The van der Waals surface area contributed by atoms with E-state index in [1.54, 1.807) is 18.8 Å². The molecule has 1 rings (SSSR count). The van der Waals surface area contributed by atoms with Crippen LogP contribution in [0.5, 0.6) is 5.75 Å². The Hall–Kier alpha value is 0.690. The number of halogens is 3. The quantitative estimate of drug-likeness (QED) is 0.498. The second-order valence-corrected chi connectivity index (χ2v) is 9.03. The predicted molar refractivity (Wildman–Crippen MR) is 81.2 cm³/mol. The van der Waals surface area contributed by atoms with Gasteiger partial charge in [-0.05, 0) is 40.2 Å². The first-order chi connectivity index (χ1) is 7.85. The molecule has 7 heteroatoms. The highest BCUT2D eigenvalue weighted by Crippen LogP contribution is 2.48. The molecule has 17 heavy (non-hydrogen) atoms. The summed E-state index contributed by atoms with van der Waals surface area (Å²) < 4.78 is 11.9. The van der Waals surface area contributed by atoms with Gasteiger partial charge in [-0.3, -0.25) is 0 Å². The molecular formula is C10H12BrCl2O2PS. The third-order valence-electron chi connectivity index (χ3n) is 1.77. The maximum atomic E-state index is 6.04. The van der Waals surface area contributed by atoms with E-state index in [9.17, 15) is 0 Å². The Morgan fingerprint density at radius 3 is 2.59 bits per heavy atom. The molecule has 1 unspecified atom stereocenters. The van der Waals surface area contributed by atoms with E-state index in [1.807, 2.05) is 6.92 Å². The predicted octanol–water partition coefficient (Wildman–Crippen LogP) is 5.50. The van der Waals surface area contributed by atoms with Gasteiger partial charge in [0.15, 0.2) is 0 Å². The highest BCUT2D eigenvalue weighted by atomic mass is 79.9. The summed E-state index contributed by atoms with van der Waals surface area (Å²) in [5.41, 5.74) is 0. The van der Waals surface area contributed by atoms with Crippen molar-refractivity contribution in [1.82, 2.24) is 0 Å². The van der Waals surface area contributed by atoms with Gasteiger partial charge in [-0.1, -0.05) is 30.1 Å². The molecule has 0 aliphatic carbocycles. The van der Waals surface area contributed by atoms with Crippen molar-refractivity contribution >= 4 is 57.4 Å². The van der Waals surface area contributed by atoms with Gasteiger partial charge in [-0.15, -0.1) is 0 Å². The molecule has 0 spiro atoms. The van der Waals surface area contributed by atoms with Crippen LogP contribution in [-0.4, -0.2) is 13.3 Å². The molecule has 1 atom stereocenters. The summed E-state index contributed by atoms with van der Waals surface area (Å²) in [5, 5.41) is 0.979. The summed E-state index contributed by atoms with van der Waals surface area (Å²) in [4.78, 5) is 0. The van der Waals surface area contributed by atoms with Crippen LogP contribution in [0.4, 0.5) is 0 Å². The Kier molecular flexibility index (Phi) is 6.24. The molecule has 1 aromatic rings. The van der Waals surface area contributed by atoms with Crippen LogP contribution < -0.4 is 4.52 Å². The summed E-state index contributed by atoms with van der Waals surface area (Å²) in [6, 6.07) is 3.31. The zero-order chi connectivity index (χ0) is 13.1. The Morgan fingerprint density at radius 2 is 2.00 bits per heavy atom. The highest BCUT2D eigenvalue weighted by Gasteiger charge is 2.16. The third-order valence-corrected chi connectivity index (χ3v) is 4.98. The molecule has 0 saturated heterocycles. The molecule has 96 valence electrons. The monoisotopic (exact) mass is 376 g/mol. The summed E-state index contributed by atoms with van der Waals surface area (Å²) in [7, 11) is 0. The normalized spacial score (nSPS) is 14.4. The van der Waals surface area contributed by atoms with E-state index in [0.717, 1.165) is 10.9 Å². The van der Waals surface area contributed by atoms with Crippen LogP contribution >= 0.6 is 45.6 Å². The molecule has 0 aromatic heterocycles. The summed E-state index contributed by atoms with van der Waals surface area (Å²) in [5.74, 6) is 0.460. The molecule has 2 nitrogen and oxygen atoms in total. The maximum absolute atomic E-state index is 6.04. The average Bonchev–Trinajstić information content (AvgIpc) is 2.23. The van der Waals surface area contributed by atoms with Crippen LogP contribution in [-0.2, 0) is 16.3 Å². The summed E-state index contributed by atoms with van der Waals surface area (Å²) in [6.45, 7) is 2.04. The Balaban J connectivity index is 2.88. The fourth-order valence-corrected chi connectivity index (χ4v) is 3.46. The topological polar surface area (TPSA) is 18.5 Å². The van der Waals surface area contributed by atoms with Gasteiger partial charge in [0.2, 0.25) is 6.49 Å². The van der Waals surface area contributed by atoms with E-state index >= 15 is 0 Å². The largest absolute Gasteiger partial charge is 0.442 e. The van der Waals surface area contributed by atoms with E-state index in [-0.39, 0.29) is 0 Å². The Morgan fingerprint density at radius 1 is 1.35 bits per heavy atom. The van der Waals surface area contributed by atoms with Crippen molar-refractivity contribution < 1.29 is 9.05 Å². The Labute approximate surface area is 125 Å². The van der Waals surface area contributed by atoms with E-state index in [0.29, 0.717) is 22.4 Å². The smallest absolute Gasteiger partial charge is 0.235 e. The minimum atomic E-state index is -2.32. The van der Waals surface area contributed by atoms with Crippen LogP contribution in [0.2, 0.25) is 10.0 Å². The van der Waals surface area contributed by atoms with Gasteiger partial charge in [-0.25, -0.2) is 0 Å². The molecule has 0 aliphatic heterocycles. The maximum Gasteiger partial charge on any atom is 0.235 e. The van der Waals surface area contributed by atoms with Gasteiger partial charge in [0.1, 0.15) is 5.75 Å². The molecule has 0 amide bonds. The van der Waals surface area contributed by atoms with Crippen LogP contribution in [0, 0.1) is 0 Å². The number of hydrogen-bond donors (Lipinski definition) is 0. The molecular weight excluding hydrogens is 366 g/mol. The lowest BCUT2D eigenvalue weighted by atomic mass is 10.3. The summed E-state index contributed by atoms with van der Waals surface area (Å²) in [6.07, 6.45) is 0.893.